The normalized spacial score (nSPS) is 12.1. The summed E-state index contributed by atoms with van der Waals surface area (Å²) < 4.78 is 10.6. The fraction of sp³-hybridized carbons (Fsp3) is 0.600. The molecule has 0 saturated heterocycles. The number of methoxy groups -OCH3 is 2. The monoisotopic (exact) mass is 251 g/mol. The molecule has 102 valence electrons. The third-order valence-corrected chi connectivity index (χ3v) is 3.15. The van der Waals surface area contributed by atoms with E-state index >= 15 is 0 Å². The number of ether oxygens (including phenoxy) is 2. The van der Waals surface area contributed by atoms with Crippen molar-refractivity contribution in [3.8, 4) is 11.5 Å². The van der Waals surface area contributed by atoms with Crippen molar-refractivity contribution in [2.75, 3.05) is 26.1 Å². The van der Waals surface area contributed by atoms with Crippen molar-refractivity contribution in [1.29, 1.82) is 0 Å². The molecule has 3 nitrogen and oxygen atoms in total. The van der Waals surface area contributed by atoms with Gasteiger partial charge in [0.1, 0.15) is 0 Å². The first-order chi connectivity index (χ1) is 8.62. The number of nitrogens with one attached hydrogen (secondary N) is 1. The van der Waals surface area contributed by atoms with Crippen LogP contribution in [0.15, 0.2) is 12.1 Å². The van der Waals surface area contributed by atoms with E-state index in [1.165, 1.54) is 18.4 Å². The standard InChI is InChI=1S/C15H25NO2/c1-6-7-11(2)10-16-13-9-15(18-5)14(17-4)8-12(13)3/h8-9,11,16H,6-7,10H2,1-5H3. The second-order valence-electron chi connectivity index (χ2n) is 4.80. The molecular weight excluding hydrogens is 226 g/mol. The maximum absolute atomic E-state index is 5.32. The van der Waals surface area contributed by atoms with Crippen LogP contribution in [0.2, 0.25) is 0 Å². The summed E-state index contributed by atoms with van der Waals surface area (Å²) in [5.74, 6) is 2.23. The van der Waals surface area contributed by atoms with Gasteiger partial charge in [0, 0.05) is 18.3 Å². The van der Waals surface area contributed by atoms with E-state index in [9.17, 15) is 0 Å². The summed E-state index contributed by atoms with van der Waals surface area (Å²) in [5.41, 5.74) is 2.30. The Hall–Kier alpha value is -1.38. The number of aryl methyl sites for hydroxylation is 1. The van der Waals surface area contributed by atoms with Gasteiger partial charge in [-0.25, -0.2) is 0 Å². The van der Waals surface area contributed by atoms with E-state index in [1.807, 2.05) is 12.1 Å². The highest BCUT2D eigenvalue weighted by Gasteiger charge is 2.09. The lowest BCUT2D eigenvalue weighted by Gasteiger charge is -2.16. The number of anilines is 1. The zero-order valence-electron chi connectivity index (χ0n) is 12.2. The van der Waals surface area contributed by atoms with Crippen LogP contribution in [0.1, 0.15) is 32.3 Å². The molecule has 0 aliphatic heterocycles. The Morgan fingerprint density at radius 2 is 1.78 bits per heavy atom. The molecular formula is C15H25NO2. The lowest BCUT2D eigenvalue weighted by atomic mass is 10.1. The highest BCUT2D eigenvalue weighted by Crippen LogP contribution is 2.32. The topological polar surface area (TPSA) is 30.5 Å². The molecule has 0 spiro atoms. The molecule has 0 aromatic heterocycles. The van der Waals surface area contributed by atoms with Gasteiger partial charge in [-0.15, -0.1) is 0 Å². The summed E-state index contributed by atoms with van der Waals surface area (Å²) in [5, 5.41) is 3.49. The first kappa shape index (κ1) is 14.7. The Morgan fingerprint density at radius 1 is 1.17 bits per heavy atom. The zero-order chi connectivity index (χ0) is 13.5. The molecule has 1 rings (SSSR count). The molecule has 0 amide bonds. The van der Waals surface area contributed by atoms with Gasteiger partial charge in [0.05, 0.1) is 14.2 Å². The van der Waals surface area contributed by atoms with Crippen LogP contribution in [0.3, 0.4) is 0 Å². The molecule has 1 aromatic rings. The molecule has 1 atom stereocenters. The van der Waals surface area contributed by atoms with Gasteiger partial charge >= 0.3 is 0 Å². The smallest absolute Gasteiger partial charge is 0.162 e. The Bertz CT molecular complexity index is 377. The SMILES string of the molecule is CCCC(C)CNc1cc(OC)c(OC)cc1C. The Labute approximate surface area is 110 Å². The van der Waals surface area contributed by atoms with E-state index in [0.29, 0.717) is 5.92 Å². The van der Waals surface area contributed by atoms with E-state index in [1.54, 1.807) is 14.2 Å². The quantitative estimate of drug-likeness (QED) is 0.798. The summed E-state index contributed by atoms with van der Waals surface area (Å²) in [7, 11) is 3.32. The van der Waals surface area contributed by atoms with Crippen LogP contribution in [0, 0.1) is 12.8 Å². The van der Waals surface area contributed by atoms with Crippen LogP contribution < -0.4 is 14.8 Å². The molecule has 18 heavy (non-hydrogen) atoms. The Morgan fingerprint density at radius 3 is 2.33 bits per heavy atom. The van der Waals surface area contributed by atoms with E-state index in [2.05, 4.69) is 26.1 Å². The van der Waals surface area contributed by atoms with Crippen molar-refractivity contribution in [3.05, 3.63) is 17.7 Å². The van der Waals surface area contributed by atoms with Crippen LogP contribution in [0.5, 0.6) is 11.5 Å². The van der Waals surface area contributed by atoms with E-state index in [0.717, 1.165) is 23.7 Å². The predicted molar refractivity (Wildman–Crippen MR) is 76.8 cm³/mol. The minimum atomic E-state index is 0.683. The van der Waals surface area contributed by atoms with E-state index < -0.39 is 0 Å². The van der Waals surface area contributed by atoms with Gasteiger partial charge in [-0.3, -0.25) is 0 Å². The van der Waals surface area contributed by atoms with Gasteiger partial charge in [-0.1, -0.05) is 20.3 Å². The van der Waals surface area contributed by atoms with Crippen molar-refractivity contribution in [2.24, 2.45) is 5.92 Å². The molecule has 0 fully saturated rings. The first-order valence-electron chi connectivity index (χ1n) is 6.58. The second kappa shape index (κ2) is 7.14. The second-order valence-corrected chi connectivity index (χ2v) is 4.80. The molecule has 1 aromatic carbocycles. The number of hydrogen-bond acceptors (Lipinski definition) is 3. The van der Waals surface area contributed by atoms with Gasteiger partial charge in [0.15, 0.2) is 11.5 Å². The number of benzene rings is 1. The summed E-state index contributed by atoms with van der Waals surface area (Å²) in [4.78, 5) is 0. The summed E-state index contributed by atoms with van der Waals surface area (Å²) in [6, 6.07) is 4.01. The van der Waals surface area contributed by atoms with Crippen LogP contribution in [-0.2, 0) is 0 Å². The number of hydrogen-bond donors (Lipinski definition) is 1. The van der Waals surface area contributed by atoms with Crippen molar-refractivity contribution in [3.63, 3.8) is 0 Å². The van der Waals surface area contributed by atoms with Crippen LogP contribution in [-0.4, -0.2) is 20.8 Å². The van der Waals surface area contributed by atoms with Crippen molar-refractivity contribution in [2.45, 2.75) is 33.6 Å². The largest absolute Gasteiger partial charge is 0.493 e. The van der Waals surface area contributed by atoms with E-state index in [-0.39, 0.29) is 0 Å². The van der Waals surface area contributed by atoms with Crippen LogP contribution >= 0.6 is 0 Å². The van der Waals surface area contributed by atoms with Gasteiger partial charge in [-0.05, 0) is 30.9 Å². The van der Waals surface area contributed by atoms with Crippen LogP contribution in [0.4, 0.5) is 5.69 Å². The number of rotatable bonds is 7. The Balaban J connectivity index is 2.76. The maximum atomic E-state index is 5.32. The molecule has 1 N–H and O–H groups in total. The molecule has 0 radical (unpaired) electrons. The van der Waals surface area contributed by atoms with E-state index in [4.69, 9.17) is 9.47 Å². The molecule has 0 saturated carbocycles. The minimum absolute atomic E-state index is 0.683. The third-order valence-electron chi connectivity index (χ3n) is 3.15. The van der Waals surface area contributed by atoms with Crippen molar-refractivity contribution in [1.82, 2.24) is 0 Å². The average Bonchev–Trinajstić information content (AvgIpc) is 2.37. The maximum Gasteiger partial charge on any atom is 0.162 e. The average molecular weight is 251 g/mol. The minimum Gasteiger partial charge on any atom is -0.493 e. The molecule has 1 unspecified atom stereocenters. The predicted octanol–water partition coefficient (Wildman–Crippen LogP) is 3.86. The highest BCUT2D eigenvalue weighted by molar-refractivity contribution is 5.60. The van der Waals surface area contributed by atoms with Gasteiger partial charge in [0.2, 0.25) is 0 Å². The fourth-order valence-corrected chi connectivity index (χ4v) is 2.05. The summed E-state index contributed by atoms with van der Waals surface area (Å²) in [6.45, 7) is 7.56. The van der Waals surface area contributed by atoms with Crippen LogP contribution in [0.25, 0.3) is 0 Å². The highest BCUT2D eigenvalue weighted by atomic mass is 16.5. The lowest BCUT2D eigenvalue weighted by Crippen LogP contribution is -2.12. The zero-order valence-corrected chi connectivity index (χ0v) is 12.2. The molecule has 0 heterocycles. The summed E-state index contributed by atoms with van der Waals surface area (Å²) in [6.07, 6.45) is 2.48. The molecule has 0 aliphatic rings. The lowest BCUT2D eigenvalue weighted by molar-refractivity contribution is 0.355. The first-order valence-corrected chi connectivity index (χ1v) is 6.58. The Kier molecular flexibility index (Phi) is 5.83. The fourth-order valence-electron chi connectivity index (χ4n) is 2.05. The summed E-state index contributed by atoms with van der Waals surface area (Å²) >= 11 is 0. The third kappa shape index (κ3) is 3.83. The van der Waals surface area contributed by atoms with Gasteiger partial charge in [-0.2, -0.15) is 0 Å². The molecule has 0 bridgehead atoms. The molecule has 3 heteroatoms. The molecule has 0 aliphatic carbocycles. The van der Waals surface area contributed by atoms with Crippen molar-refractivity contribution < 1.29 is 9.47 Å². The van der Waals surface area contributed by atoms with Gasteiger partial charge < -0.3 is 14.8 Å². The van der Waals surface area contributed by atoms with Crippen molar-refractivity contribution >= 4 is 5.69 Å². The van der Waals surface area contributed by atoms with Gasteiger partial charge in [0.25, 0.3) is 0 Å².